The minimum absolute atomic E-state index is 0.219. The molecule has 1 heterocycles. The SMILES string of the molecule is CC(C)CNCC1CCN(c2ccc(Cl)cc2F)C1. The van der Waals surface area contributed by atoms with Gasteiger partial charge in [0.05, 0.1) is 5.69 Å². The summed E-state index contributed by atoms with van der Waals surface area (Å²) in [4.78, 5) is 2.12. The van der Waals surface area contributed by atoms with Gasteiger partial charge in [-0.1, -0.05) is 25.4 Å². The molecule has 0 saturated carbocycles. The molecule has 1 saturated heterocycles. The lowest BCUT2D eigenvalue weighted by Crippen LogP contribution is -2.29. The molecule has 0 spiro atoms. The molecule has 2 nitrogen and oxygen atoms in total. The van der Waals surface area contributed by atoms with Crippen LogP contribution in [0.2, 0.25) is 5.02 Å². The molecule has 1 aromatic rings. The fourth-order valence-corrected chi connectivity index (χ4v) is 2.69. The number of nitrogens with one attached hydrogen (secondary N) is 1. The first-order valence-electron chi connectivity index (χ1n) is 6.97. The highest BCUT2D eigenvalue weighted by Gasteiger charge is 2.24. The minimum Gasteiger partial charge on any atom is -0.369 e. The second-order valence-electron chi connectivity index (χ2n) is 5.75. The normalized spacial score (nSPS) is 19.4. The second kappa shape index (κ2) is 6.58. The van der Waals surface area contributed by atoms with Crippen molar-refractivity contribution in [3.8, 4) is 0 Å². The molecular formula is C15H22ClFN2. The van der Waals surface area contributed by atoms with E-state index in [9.17, 15) is 4.39 Å². The van der Waals surface area contributed by atoms with E-state index in [1.54, 1.807) is 12.1 Å². The highest BCUT2D eigenvalue weighted by atomic mass is 35.5. The summed E-state index contributed by atoms with van der Waals surface area (Å²) in [6.45, 7) is 8.32. The first-order chi connectivity index (χ1) is 9.06. The van der Waals surface area contributed by atoms with E-state index in [0.29, 0.717) is 22.5 Å². The van der Waals surface area contributed by atoms with Crippen molar-refractivity contribution in [1.82, 2.24) is 5.32 Å². The Morgan fingerprint density at radius 3 is 2.95 bits per heavy atom. The van der Waals surface area contributed by atoms with Crippen LogP contribution in [0.15, 0.2) is 18.2 Å². The summed E-state index contributed by atoms with van der Waals surface area (Å²) < 4.78 is 13.8. The predicted molar refractivity (Wildman–Crippen MR) is 79.4 cm³/mol. The molecule has 106 valence electrons. The Morgan fingerprint density at radius 2 is 2.26 bits per heavy atom. The highest BCUT2D eigenvalue weighted by Crippen LogP contribution is 2.27. The summed E-state index contributed by atoms with van der Waals surface area (Å²) in [6, 6.07) is 4.92. The maximum absolute atomic E-state index is 13.8. The van der Waals surface area contributed by atoms with Crippen LogP contribution in [0.25, 0.3) is 0 Å². The lowest BCUT2D eigenvalue weighted by atomic mass is 10.1. The maximum Gasteiger partial charge on any atom is 0.147 e. The maximum atomic E-state index is 13.8. The van der Waals surface area contributed by atoms with Crippen LogP contribution < -0.4 is 10.2 Å². The monoisotopic (exact) mass is 284 g/mol. The van der Waals surface area contributed by atoms with Crippen LogP contribution in [0.5, 0.6) is 0 Å². The summed E-state index contributed by atoms with van der Waals surface area (Å²) >= 11 is 5.78. The Hall–Kier alpha value is -0.800. The topological polar surface area (TPSA) is 15.3 Å². The van der Waals surface area contributed by atoms with Crippen LogP contribution in [0.4, 0.5) is 10.1 Å². The molecule has 2 rings (SSSR count). The van der Waals surface area contributed by atoms with Gasteiger partial charge in [0.15, 0.2) is 0 Å². The average Bonchev–Trinajstić information content (AvgIpc) is 2.77. The number of hydrogen-bond acceptors (Lipinski definition) is 2. The predicted octanol–water partition coefficient (Wildman–Crippen LogP) is 3.55. The van der Waals surface area contributed by atoms with Crippen LogP contribution in [-0.4, -0.2) is 26.2 Å². The molecule has 1 aliphatic heterocycles. The molecule has 19 heavy (non-hydrogen) atoms. The fraction of sp³-hybridized carbons (Fsp3) is 0.600. The summed E-state index contributed by atoms with van der Waals surface area (Å²) in [7, 11) is 0. The summed E-state index contributed by atoms with van der Waals surface area (Å²) in [5.74, 6) is 1.06. The van der Waals surface area contributed by atoms with Crippen LogP contribution in [0.3, 0.4) is 0 Å². The van der Waals surface area contributed by atoms with E-state index >= 15 is 0 Å². The zero-order valence-electron chi connectivity index (χ0n) is 11.6. The molecule has 1 aliphatic rings. The molecule has 1 unspecified atom stereocenters. The van der Waals surface area contributed by atoms with Gasteiger partial charge in [0.2, 0.25) is 0 Å². The van der Waals surface area contributed by atoms with Crippen molar-refractivity contribution in [2.45, 2.75) is 20.3 Å². The van der Waals surface area contributed by atoms with Crippen molar-refractivity contribution in [3.05, 3.63) is 29.0 Å². The largest absolute Gasteiger partial charge is 0.369 e. The summed E-state index contributed by atoms with van der Waals surface area (Å²) in [6.07, 6.45) is 1.12. The number of hydrogen-bond donors (Lipinski definition) is 1. The Bertz CT molecular complexity index is 423. The zero-order chi connectivity index (χ0) is 13.8. The number of rotatable bonds is 5. The Labute approximate surface area is 119 Å². The molecule has 0 bridgehead atoms. The number of nitrogens with zero attached hydrogens (tertiary/aromatic N) is 1. The Balaban J connectivity index is 1.87. The van der Waals surface area contributed by atoms with Crippen LogP contribution >= 0.6 is 11.6 Å². The molecule has 1 atom stereocenters. The van der Waals surface area contributed by atoms with E-state index in [1.807, 2.05) is 0 Å². The summed E-state index contributed by atoms with van der Waals surface area (Å²) in [5, 5.41) is 3.94. The van der Waals surface area contributed by atoms with Gasteiger partial charge >= 0.3 is 0 Å². The number of halogens is 2. The van der Waals surface area contributed by atoms with E-state index in [0.717, 1.165) is 32.6 Å². The van der Waals surface area contributed by atoms with Gasteiger partial charge in [0, 0.05) is 18.1 Å². The molecular weight excluding hydrogens is 263 g/mol. The highest BCUT2D eigenvalue weighted by molar-refractivity contribution is 6.30. The van der Waals surface area contributed by atoms with Crippen molar-refractivity contribution in [2.24, 2.45) is 11.8 Å². The van der Waals surface area contributed by atoms with Crippen LogP contribution in [-0.2, 0) is 0 Å². The second-order valence-corrected chi connectivity index (χ2v) is 6.18. The third-order valence-electron chi connectivity index (χ3n) is 3.52. The van der Waals surface area contributed by atoms with Crippen LogP contribution in [0.1, 0.15) is 20.3 Å². The summed E-state index contributed by atoms with van der Waals surface area (Å²) in [5.41, 5.74) is 0.677. The fourth-order valence-electron chi connectivity index (χ4n) is 2.53. The van der Waals surface area contributed by atoms with Gasteiger partial charge in [0.25, 0.3) is 0 Å². The molecule has 4 heteroatoms. The first-order valence-corrected chi connectivity index (χ1v) is 7.34. The molecule has 1 fully saturated rings. The van der Waals surface area contributed by atoms with Gasteiger partial charge in [-0.3, -0.25) is 0 Å². The van der Waals surface area contributed by atoms with Crippen molar-refractivity contribution in [1.29, 1.82) is 0 Å². The molecule has 1 N–H and O–H groups in total. The van der Waals surface area contributed by atoms with Gasteiger partial charge in [-0.15, -0.1) is 0 Å². The van der Waals surface area contributed by atoms with E-state index in [1.165, 1.54) is 6.07 Å². The van der Waals surface area contributed by atoms with Gasteiger partial charge in [0.1, 0.15) is 5.82 Å². The van der Waals surface area contributed by atoms with Crippen molar-refractivity contribution in [2.75, 3.05) is 31.1 Å². The molecule has 1 aromatic carbocycles. The van der Waals surface area contributed by atoms with Crippen molar-refractivity contribution >= 4 is 17.3 Å². The van der Waals surface area contributed by atoms with Gasteiger partial charge < -0.3 is 10.2 Å². The zero-order valence-corrected chi connectivity index (χ0v) is 12.4. The van der Waals surface area contributed by atoms with Gasteiger partial charge in [-0.25, -0.2) is 4.39 Å². The standard InChI is InChI=1S/C15H22ClFN2/c1-11(2)8-18-9-12-5-6-19(10-12)15-4-3-13(16)7-14(15)17/h3-4,7,11-12,18H,5-6,8-10H2,1-2H3. The molecule has 0 radical (unpaired) electrons. The van der Waals surface area contributed by atoms with Gasteiger partial charge in [-0.2, -0.15) is 0 Å². The number of benzene rings is 1. The molecule has 0 aromatic heterocycles. The molecule has 0 aliphatic carbocycles. The third-order valence-corrected chi connectivity index (χ3v) is 3.76. The quantitative estimate of drug-likeness (QED) is 0.889. The van der Waals surface area contributed by atoms with Crippen molar-refractivity contribution in [3.63, 3.8) is 0 Å². The van der Waals surface area contributed by atoms with Crippen LogP contribution in [0, 0.1) is 17.7 Å². The van der Waals surface area contributed by atoms with E-state index < -0.39 is 0 Å². The average molecular weight is 285 g/mol. The smallest absolute Gasteiger partial charge is 0.147 e. The lowest BCUT2D eigenvalue weighted by molar-refractivity contribution is 0.477. The first kappa shape index (κ1) is 14.6. The van der Waals surface area contributed by atoms with Crippen molar-refractivity contribution < 1.29 is 4.39 Å². The lowest BCUT2D eigenvalue weighted by Gasteiger charge is -2.20. The Morgan fingerprint density at radius 1 is 1.47 bits per heavy atom. The van der Waals surface area contributed by atoms with E-state index in [2.05, 4.69) is 24.1 Å². The van der Waals surface area contributed by atoms with E-state index in [4.69, 9.17) is 11.6 Å². The molecule has 0 amide bonds. The van der Waals surface area contributed by atoms with Gasteiger partial charge in [-0.05, 0) is 49.5 Å². The third kappa shape index (κ3) is 4.08. The Kier molecular flexibility index (Phi) is 5.06. The number of anilines is 1. The van der Waals surface area contributed by atoms with E-state index in [-0.39, 0.29) is 5.82 Å². The minimum atomic E-state index is -0.219.